The average Bonchev–Trinajstić information content (AvgIpc) is 2.92. The van der Waals surface area contributed by atoms with Crippen LogP contribution in [0.4, 0.5) is 0 Å². The number of nitrogens with one attached hydrogen (secondary N) is 1. The van der Waals surface area contributed by atoms with Crippen molar-refractivity contribution < 1.29 is 14.3 Å². The zero-order chi connectivity index (χ0) is 27.2. The highest BCUT2D eigenvalue weighted by Gasteiger charge is 2.25. The molecule has 6 heteroatoms. The number of thioether (sulfide) groups is 1. The lowest BCUT2D eigenvalue weighted by Crippen LogP contribution is -2.42. The molecule has 2 atom stereocenters. The van der Waals surface area contributed by atoms with Crippen LogP contribution in [0.3, 0.4) is 0 Å². The molecule has 2 unspecified atom stereocenters. The Bertz CT molecular complexity index is 986. The third-order valence-electron chi connectivity index (χ3n) is 6.94. The molecule has 2 rings (SSSR count). The van der Waals surface area contributed by atoms with Crippen molar-refractivity contribution in [2.45, 2.75) is 78.3 Å². The van der Waals surface area contributed by atoms with E-state index in [4.69, 9.17) is 4.74 Å². The van der Waals surface area contributed by atoms with Crippen molar-refractivity contribution in [2.75, 3.05) is 32.2 Å². The van der Waals surface area contributed by atoms with Gasteiger partial charge in [0.05, 0.1) is 7.11 Å². The molecule has 0 saturated carbocycles. The largest absolute Gasteiger partial charge is 0.467 e. The number of amides is 1. The number of nitrogens with zero attached hydrogens (tertiary/aromatic N) is 1. The SMILES string of the molecule is CCCCN(CCCC)C(CC)c1ccc(C(=O)NC(CCSC)C(=O)OC)c(-c2ccccc2C)c1. The molecule has 37 heavy (non-hydrogen) atoms. The molecule has 0 fully saturated rings. The van der Waals surface area contributed by atoms with E-state index < -0.39 is 12.0 Å². The fraction of sp³-hybridized carbons (Fsp3) is 0.548. The van der Waals surface area contributed by atoms with Gasteiger partial charge in [-0.05, 0) is 92.1 Å². The molecule has 2 aromatic carbocycles. The van der Waals surface area contributed by atoms with Crippen molar-refractivity contribution in [3.63, 3.8) is 0 Å². The van der Waals surface area contributed by atoms with E-state index >= 15 is 0 Å². The second kappa shape index (κ2) is 16.5. The second-order valence-corrected chi connectivity index (χ2v) is 10.6. The van der Waals surface area contributed by atoms with Crippen LogP contribution in [0.25, 0.3) is 11.1 Å². The molecule has 0 bridgehead atoms. The first-order chi connectivity index (χ1) is 17.9. The Labute approximate surface area is 228 Å². The van der Waals surface area contributed by atoms with Crippen LogP contribution in [-0.4, -0.2) is 55.0 Å². The Morgan fingerprint density at radius 2 is 1.68 bits per heavy atom. The Balaban J connectivity index is 2.53. The Morgan fingerprint density at radius 3 is 2.24 bits per heavy atom. The van der Waals surface area contributed by atoms with Crippen LogP contribution in [0, 0.1) is 6.92 Å². The molecule has 0 aliphatic carbocycles. The Hall–Kier alpha value is -2.31. The van der Waals surface area contributed by atoms with Gasteiger partial charge in [0.15, 0.2) is 0 Å². The van der Waals surface area contributed by atoms with E-state index in [-0.39, 0.29) is 5.91 Å². The van der Waals surface area contributed by atoms with Crippen molar-refractivity contribution in [2.24, 2.45) is 0 Å². The number of methoxy groups -OCH3 is 1. The van der Waals surface area contributed by atoms with E-state index in [1.54, 1.807) is 11.8 Å². The highest BCUT2D eigenvalue weighted by atomic mass is 32.2. The van der Waals surface area contributed by atoms with Crippen LogP contribution in [0.2, 0.25) is 0 Å². The van der Waals surface area contributed by atoms with Gasteiger partial charge in [0, 0.05) is 11.6 Å². The zero-order valence-corrected chi connectivity index (χ0v) is 24.5. The van der Waals surface area contributed by atoms with Crippen LogP contribution in [-0.2, 0) is 9.53 Å². The number of hydrogen-bond donors (Lipinski definition) is 1. The molecule has 2 aromatic rings. The van der Waals surface area contributed by atoms with E-state index in [0.717, 1.165) is 42.0 Å². The highest BCUT2D eigenvalue weighted by molar-refractivity contribution is 7.98. The summed E-state index contributed by atoms with van der Waals surface area (Å²) in [5.74, 6) is 0.0980. The average molecular weight is 527 g/mol. The first-order valence-electron chi connectivity index (χ1n) is 13.7. The number of carbonyl (C=O) groups is 2. The van der Waals surface area contributed by atoms with Gasteiger partial charge < -0.3 is 10.1 Å². The van der Waals surface area contributed by atoms with Crippen molar-refractivity contribution in [3.8, 4) is 11.1 Å². The van der Waals surface area contributed by atoms with Crippen LogP contribution in [0.1, 0.15) is 86.8 Å². The molecule has 0 aromatic heterocycles. The molecule has 0 radical (unpaired) electrons. The molecule has 0 saturated heterocycles. The summed E-state index contributed by atoms with van der Waals surface area (Å²) in [6.45, 7) is 11.0. The van der Waals surface area contributed by atoms with E-state index in [0.29, 0.717) is 18.0 Å². The van der Waals surface area contributed by atoms with Crippen LogP contribution >= 0.6 is 11.8 Å². The molecule has 5 nitrogen and oxygen atoms in total. The Morgan fingerprint density at radius 1 is 1.00 bits per heavy atom. The quantitative estimate of drug-likeness (QED) is 0.238. The van der Waals surface area contributed by atoms with Gasteiger partial charge in [0.25, 0.3) is 5.91 Å². The fourth-order valence-corrected chi connectivity index (χ4v) is 5.25. The van der Waals surface area contributed by atoms with E-state index in [1.165, 1.54) is 38.4 Å². The molecular formula is C31H46N2O3S. The number of aryl methyl sites for hydroxylation is 1. The van der Waals surface area contributed by atoms with E-state index in [1.807, 2.05) is 24.5 Å². The van der Waals surface area contributed by atoms with Gasteiger partial charge in [0.1, 0.15) is 6.04 Å². The van der Waals surface area contributed by atoms with Gasteiger partial charge in [-0.15, -0.1) is 0 Å². The first kappa shape index (κ1) is 30.9. The van der Waals surface area contributed by atoms with Crippen LogP contribution in [0.5, 0.6) is 0 Å². The minimum absolute atomic E-state index is 0.247. The third kappa shape index (κ3) is 8.89. The summed E-state index contributed by atoms with van der Waals surface area (Å²) in [7, 11) is 1.36. The lowest BCUT2D eigenvalue weighted by molar-refractivity contribution is -0.142. The maximum absolute atomic E-state index is 13.6. The fourth-order valence-electron chi connectivity index (χ4n) is 4.78. The van der Waals surface area contributed by atoms with Gasteiger partial charge >= 0.3 is 5.97 Å². The minimum atomic E-state index is -0.670. The number of benzene rings is 2. The van der Waals surface area contributed by atoms with Crippen molar-refractivity contribution in [1.29, 1.82) is 0 Å². The van der Waals surface area contributed by atoms with Crippen molar-refractivity contribution >= 4 is 23.6 Å². The maximum atomic E-state index is 13.6. The van der Waals surface area contributed by atoms with Crippen molar-refractivity contribution in [1.82, 2.24) is 10.2 Å². The molecule has 0 spiro atoms. The molecule has 1 amide bonds. The van der Waals surface area contributed by atoms with E-state index in [9.17, 15) is 9.59 Å². The molecule has 1 N–H and O–H groups in total. The molecular weight excluding hydrogens is 480 g/mol. The van der Waals surface area contributed by atoms with Gasteiger partial charge in [-0.3, -0.25) is 9.69 Å². The number of unbranched alkanes of at least 4 members (excludes halogenated alkanes) is 2. The molecule has 0 aliphatic rings. The Kier molecular flexibility index (Phi) is 13.8. The number of carbonyl (C=O) groups excluding carboxylic acids is 2. The van der Waals surface area contributed by atoms with Crippen LogP contribution in [0.15, 0.2) is 42.5 Å². The lowest BCUT2D eigenvalue weighted by Gasteiger charge is -2.32. The van der Waals surface area contributed by atoms with Gasteiger partial charge in [-0.1, -0.05) is 63.9 Å². The standard InChI is InChI=1S/C31H46N2O3S/c1-7-10-19-33(20-11-8-2)29(9-3)24-16-17-26(27(22-24)25-15-13-12-14-23(25)4)30(34)32-28(18-21-37-6)31(35)36-5/h12-17,22,28-29H,7-11,18-21H2,1-6H3,(H,32,34). The van der Waals surface area contributed by atoms with E-state index in [2.05, 4.69) is 62.2 Å². The topological polar surface area (TPSA) is 58.6 Å². The third-order valence-corrected chi connectivity index (χ3v) is 7.58. The van der Waals surface area contributed by atoms with Crippen LogP contribution < -0.4 is 5.32 Å². The summed E-state index contributed by atoms with van der Waals surface area (Å²) < 4.78 is 4.97. The van der Waals surface area contributed by atoms with Gasteiger partial charge in [-0.25, -0.2) is 4.79 Å². The number of esters is 1. The smallest absolute Gasteiger partial charge is 0.328 e. The van der Waals surface area contributed by atoms with Gasteiger partial charge in [-0.2, -0.15) is 11.8 Å². The predicted molar refractivity (Wildman–Crippen MR) is 157 cm³/mol. The normalized spacial score (nSPS) is 12.8. The predicted octanol–water partition coefficient (Wildman–Crippen LogP) is 7.04. The highest BCUT2D eigenvalue weighted by Crippen LogP contribution is 2.33. The maximum Gasteiger partial charge on any atom is 0.328 e. The van der Waals surface area contributed by atoms with Gasteiger partial charge in [0.2, 0.25) is 0 Å². The summed E-state index contributed by atoms with van der Waals surface area (Å²) in [5, 5.41) is 2.95. The van der Waals surface area contributed by atoms with Crippen molar-refractivity contribution in [3.05, 3.63) is 59.2 Å². The molecule has 204 valence electrons. The monoisotopic (exact) mass is 526 g/mol. The lowest BCUT2D eigenvalue weighted by atomic mass is 9.90. The number of ether oxygens (including phenoxy) is 1. The summed E-state index contributed by atoms with van der Waals surface area (Å²) in [5.41, 5.74) is 4.88. The number of hydrogen-bond acceptors (Lipinski definition) is 5. The second-order valence-electron chi connectivity index (χ2n) is 9.62. The summed E-state index contributed by atoms with van der Waals surface area (Å²) >= 11 is 1.64. The molecule has 0 aliphatic heterocycles. The zero-order valence-electron chi connectivity index (χ0n) is 23.6. The number of rotatable bonds is 16. The minimum Gasteiger partial charge on any atom is -0.467 e. The molecule has 0 heterocycles. The first-order valence-corrected chi connectivity index (χ1v) is 15.1. The summed E-state index contributed by atoms with van der Waals surface area (Å²) in [6, 6.07) is 14.0. The summed E-state index contributed by atoms with van der Waals surface area (Å²) in [6.07, 6.45) is 8.21. The summed E-state index contributed by atoms with van der Waals surface area (Å²) in [4.78, 5) is 28.6.